The summed E-state index contributed by atoms with van der Waals surface area (Å²) in [5.74, 6) is 0. The van der Waals surface area contributed by atoms with E-state index in [-0.39, 0.29) is 4.90 Å². The summed E-state index contributed by atoms with van der Waals surface area (Å²) >= 11 is 5.96. The van der Waals surface area contributed by atoms with Gasteiger partial charge in [-0.1, -0.05) is 29.8 Å². The summed E-state index contributed by atoms with van der Waals surface area (Å²) in [6.45, 7) is 0. The number of fused-ring (bicyclic) bond motifs is 2. The van der Waals surface area contributed by atoms with Gasteiger partial charge in [-0.15, -0.1) is 0 Å². The molecule has 1 aliphatic rings. The van der Waals surface area contributed by atoms with Crippen LogP contribution in [0, 0.1) is 0 Å². The highest BCUT2D eigenvalue weighted by Crippen LogP contribution is 2.37. The molecular weight excluding hydrogens is 296 g/mol. The molecular formula is C14H13ClN2O2S. The van der Waals surface area contributed by atoms with Gasteiger partial charge in [-0.25, -0.2) is 8.42 Å². The summed E-state index contributed by atoms with van der Waals surface area (Å²) in [6.07, 6.45) is 0.470. The van der Waals surface area contributed by atoms with Crippen molar-refractivity contribution in [2.75, 3.05) is 17.1 Å². The molecule has 6 heteroatoms. The van der Waals surface area contributed by atoms with Crippen molar-refractivity contribution >= 4 is 33.0 Å². The predicted molar refractivity (Wildman–Crippen MR) is 80.7 cm³/mol. The van der Waals surface area contributed by atoms with Gasteiger partial charge in [0, 0.05) is 29.7 Å². The number of hydrogen-bond acceptors (Lipinski definition) is 3. The molecule has 0 aromatic heterocycles. The fourth-order valence-corrected chi connectivity index (χ4v) is 4.29. The molecule has 0 radical (unpaired) electrons. The summed E-state index contributed by atoms with van der Waals surface area (Å²) in [5, 5.41) is 0.323. The number of anilines is 2. The first-order valence-corrected chi connectivity index (χ1v) is 7.88. The van der Waals surface area contributed by atoms with E-state index in [0.717, 1.165) is 5.56 Å². The SMILES string of the molecule is CN1c2ccccc2Cc2c(N)cc(Cl)cc2S1(=O)=O. The van der Waals surface area contributed by atoms with E-state index in [4.69, 9.17) is 17.3 Å². The van der Waals surface area contributed by atoms with Crippen LogP contribution in [-0.2, 0) is 16.4 Å². The van der Waals surface area contributed by atoms with Gasteiger partial charge >= 0.3 is 0 Å². The highest BCUT2D eigenvalue weighted by atomic mass is 35.5. The number of halogens is 1. The van der Waals surface area contributed by atoms with E-state index >= 15 is 0 Å². The van der Waals surface area contributed by atoms with E-state index in [9.17, 15) is 8.42 Å². The van der Waals surface area contributed by atoms with Crippen molar-refractivity contribution in [2.45, 2.75) is 11.3 Å². The van der Waals surface area contributed by atoms with Crippen LogP contribution < -0.4 is 10.0 Å². The Morgan fingerprint density at radius 3 is 2.70 bits per heavy atom. The summed E-state index contributed by atoms with van der Waals surface area (Å²) < 4.78 is 26.7. The third kappa shape index (κ3) is 1.85. The monoisotopic (exact) mass is 308 g/mol. The highest BCUT2D eigenvalue weighted by molar-refractivity contribution is 7.92. The molecule has 2 aromatic carbocycles. The second kappa shape index (κ2) is 4.40. The van der Waals surface area contributed by atoms with Crippen LogP contribution in [0.4, 0.5) is 11.4 Å². The number of nitrogens with two attached hydrogens (primary N) is 1. The fraction of sp³-hybridized carbons (Fsp3) is 0.143. The normalized spacial score (nSPS) is 16.2. The van der Waals surface area contributed by atoms with Gasteiger partial charge in [0.25, 0.3) is 10.0 Å². The Hall–Kier alpha value is -1.72. The summed E-state index contributed by atoms with van der Waals surface area (Å²) in [5.41, 5.74) is 8.56. The van der Waals surface area contributed by atoms with Crippen molar-refractivity contribution in [1.82, 2.24) is 0 Å². The van der Waals surface area contributed by atoms with Gasteiger partial charge in [-0.2, -0.15) is 0 Å². The first-order valence-electron chi connectivity index (χ1n) is 6.06. The minimum absolute atomic E-state index is 0.182. The molecule has 0 bridgehead atoms. The molecule has 0 unspecified atom stereocenters. The largest absolute Gasteiger partial charge is 0.398 e. The number of benzene rings is 2. The average molecular weight is 309 g/mol. The molecule has 2 aromatic rings. The lowest BCUT2D eigenvalue weighted by Crippen LogP contribution is -2.26. The zero-order chi connectivity index (χ0) is 14.5. The highest BCUT2D eigenvalue weighted by Gasteiger charge is 2.31. The Balaban J connectivity index is 2.39. The van der Waals surface area contributed by atoms with Gasteiger partial charge in [0.2, 0.25) is 0 Å². The molecule has 1 aliphatic heterocycles. The van der Waals surface area contributed by atoms with Crippen molar-refractivity contribution in [3.05, 3.63) is 52.5 Å². The van der Waals surface area contributed by atoms with E-state index in [1.54, 1.807) is 19.2 Å². The molecule has 20 heavy (non-hydrogen) atoms. The second-order valence-electron chi connectivity index (χ2n) is 4.75. The lowest BCUT2D eigenvalue weighted by molar-refractivity contribution is 0.594. The minimum atomic E-state index is -3.65. The molecule has 0 amide bonds. The molecule has 2 N–H and O–H groups in total. The van der Waals surface area contributed by atoms with Gasteiger partial charge in [0.1, 0.15) is 0 Å². The Morgan fingerprint density at radius 1 is 1.25 bits per heavy atom. The van der Waals surface area contributed by atoms with Crippen molar-refractivity contribution in [1.29, 1.82) is 0 Å². The molecule has 3 rings (SSSR count). The van der Waals surface area contributed by atoms with Gasteiger partial charge in [0.05, 0.1) is 10.6 Å². The van der Waals surface area contributed by atoms with Crippen LogP contribution in [0.15, 0.2) is 41.3 Å². The number of sulfonamides is 1. The lowest BCUT2D eigenvalue weighted by atomic mass is 10.0. The van der Waals surface area contributed by atoms with Crippen LogP contribution >= 0.6 is 11.6 Å². The first-order chi connectivity index (χ1) is 9.41. The second-order valence-corrected chi connectivity index (χ2v) is 7.12. The Labute approximate surface area is 122 Å². The van der Waals surface area contributed by atoms with E-state index in [1.165, 1.54) is 10.4 Å². The maximum atomic E-state index is 12.7. The Kier molecular flexibility index (Phi) is 2.92. The first kappa shape index (κ1) is 13.3. The van der Waals surface area contributed by atoms with Gasteiger partial charge in [0.15, 0.2) is 0 Å². The quantitative estimate of drug-likeness (QED) is 0.761. The zero-order valence-corrected chi connectivity index (χ0v) is 12.4. The summed E-state index contributed by atoms with van der Waals surface area (Å²) in [7, 11) is -2.10. The van der Waals surface area contributed by atoms with Crippen LogP contribution in [0.1, 0.15) is 11.1 Å². The fourth-order valence-electron chi connectivity index (χ4n) is 2.49. The van der Waals surface area contributed by atoms with Crippen molar-refractivity contribution < 1.29 is 8.42 Å². The molecule has 1 heterocycles. The van der Waals surface area contributed by atoms with E-state index in [0.29, 0.717) is 28.4 Å². The number of para-hydroxylation sites is 1. The molecule has 0 saturated heterocycles. The lowest BCUT2D eigenvalue weighted by Gasteiger charge is -2.19. The van der Waals surface area contributed by atoms with Crippen molar-refractivity contribution in [3.63, 3.8) is 0 Å². The predicted octanol–water partition coefficient (Wildman–Crippen LogP) is 2.65. The van der Waals surface area contributed by atoms with Gasteiger partial charge < -0.3 is 5.73 Å². The van der Waals surface area contributed by atoms with E-state index in [2.05, 4.69) is 0 Å². The molecule has 4 nitrogen and oxygen atoms in total. The van der Waals surface area contributed by atoms with E-state index < -0.39 is 10.0 Å². The molecule has 0 atom stereocenters. The minimum Gasteiger partial charge on any atom is -0.398 e. The third-order valence-corrected chi connectivity index (χ3v) is 5.60. The van der Waals surface area contributed by atoms with Crippen molar-refractivity contribution in [3.8, 4) is 0 Å². The maximum absolute atomic E-state index is 12.7. The molecule has 0 spiro atoms. The van der Waals surface area contributed by atoms with Crippen LogP contribution in [0.3, 0.4) is 0 Å². The van der Waals surface area contributed by atoms with E-state index in [1.807, 2.05) is 18.2 Å². The number of hydrogen-bond donors (Lipinski definition) is 1. The molecule has 104 valence electrons. The summed E-state index contributed by atoms with van der Waals surface area (Å²) in [6, 6.07) is 10.4. The smallest absolute Gasteiger partial charge is 0.264 e. The van der Waals surface area contributed by atoms with Gasteiger partial charge in [-0.05, 0) is 23.8 Å². The number of nitrogen functional groups attached to an aromatic ring is 1. The standard InChI is InChI=1S/C14H13ClN2O2S/c1-17-13-5-3-2-4-9(13)6-11-12(16)7-10(15)8-14(11)20(17,18)19/h2-5,7-8H,6,16H2,1H3. The summed E-state index contributed by atoms with van der Waals surface area (Å²) in [4.78, 5) is 0.182. The zero-order valence-electron chi connectivity index (χ0n) is 10.8. The van der Waals surface area contributed by atoms with Crippen molar-refractivity contribution in [2.24, 2.45) is 0 Å². The number of nitrogens with zero attached hydrogens (tertiary/aromatic N) is 1. The average Bonchev–Trinajstić information content (AvgIpc) is 2.48. The van der Waals surface area contributed by atoms with Crippen LogP contribution in [0.2, 0.25) is 5.02 Å². The molecule has 0 aliphatic carbocycles. The third-order valence-electron chi connectivity index (χ3n) is 3.54. The topological polar surface area (TPSA) is 63.4 Å². The van der Waals surface area contributed by atoms with Gasteiger partial charge in [-0.3, -0.25) is 4.31 Å². The van der Waals surface area contributed by atoms with Crippen LogP contribution in [0.25, 0.3) is 0 Å². The van der Waals surface area contributed by atoms with Crippen LogP contribution in [0.5, 0.6) is 0 Å². The molecule has 0 fully saturated rings. The Morgan fingerprint density at radius 2 is 1.95 bits per heavy atom. The van der Waals surface area contributed by atoms with Crippen LogP contribution in [-0.4, -0.2) is 15.5 Å². The number of rotatable bonds is 0. The Bertz CT molecular complexity index is 803. The molecule has 0 saturated carbocycles. The maximum Gasteiger partial charge on any atom is 0.264 e.